The molecule has 0 aromatic heterocycles. The SMILES string of the molecule is Cc1ccc(C(=O)N2CCN(c3ccc(NC(=O)C=Cc4cccc([N+](=O)[O-])c4)cc3)CC2)cc1. The van der Waals surface area contributed by atoms with E-state index in [4.69, 9.17) is 0 Å². The van der Waals surface area contributed by atoms with Gasteiger partial charge < -0.3 is 15.1 Å². The van der Waals surface area contributed by atoms with Crippen LogP contribution < -0.4 is 10.2 Å². The van der Waals surface area contributed by atoms with Crippen LogP contribution in [0, 0.1) is 17.0 Å². The van der Waals surface area contributed by atoms with Crippen molar-refractivity contribution < 1.29 is 14.5 Å². The van der Waals surface area contributed by atoms with E-state index >= 15 is 0 Å². The second-order valence-electron chi connectivity index (χ2n) is 8.37. The highest BCUT2D eigenvalue weighted by Crippen LogP contribution is 2.21. The third kappa shape index (κ3) is 6.11. The Labute approximate surface area is 203 Å². The van der Waals surface area contributed by atoms with Gasteiger partial charge >= 0.3 is 0 Å². The Kier molecular flexibility index (Phi) is 7.21. The minimum atomic E-state index is -0.471. The second kappa shape index (κ2) is 10.6. The summed E-state index contributed by atoms with van der Waals surface area (Å²) in [5, 5.41) is 13.7. The highest BCUT2D eigenvalue weighted by molar-refractivity contribution is 6.02. The number of non-ortho nitro benzene ring substituents is 1. The van der Waals surface area contributed by atoms with Crippen molar-refractivity contribution in [1.29, 1.82) is 0 Å². The highest BCUT2D eigenvalue weighted by Gasteiger charge is 2.22. The molecule has 0 saturated carbocycles. The molecule has 1 saturated heterocycles. The van der Waals surface area contributed by atoms with E-state index in [1.54, 1.807) is 12.1 Å². The van der Waals surface area contributed by atoms with Gasteiger partial charge in [0, 0.05) is 61.3 Å². The summed E-state index contributed by atoms with van der Waals surface area (Å²) in [6, 6.07) is 21.3. The summed E-state index contributed by atoms with van der Waals surface area (Å²) in [5.74, 6) is -0.270. The van der Waals surface area contributed by atoms with Crippen LogP contribution in [0.5, 0.6) is 0 Å². The fourth-order valence-electron chi connectivity index (χ4n) is 3.90. The molecule has 1 aliphatic rings. The lowest BCUT2D eigenvalue weighted by Gasteiger charge is -2.36. The fraction of sp³-hybridized carbons (Fsp3) is 0.185. The Balaban J connectivity index is 1.29. The molecule has 3 aromatic rings. The molecule has 8 nitrogen and oxygen atoms in total. The maximum atomic E-state index is 12.7. The van der Waals surface area contributed by atoms with Crippen molar-refractivity contribution in [3.8, 4) is 0 Å². The number of nitrogens with zero attached hydrogens (tertiary/aromatic N) is 3. The molecule has 0 atom stereocenters. The largest absolute Gasteiger partial charge is 0.368 e. The molecule has 35 heavy (non-hydrogen) atoms. The van der Waals surface area contributed by atoms with E-state index < -0.39 is 4.92 Å². The Bertz CT molecular complexity index is 1240. The molecule has 1 heterocycles. The lowest BCUT2D eigenvalue weighted by atomic mass is 10.1. The number of hydrogen-bond acceptors (Lipinski definition) is 5. The van der Waals surface area contributed by atoms with Crippen molar-refractivity contribution in [1.82, 2.24) is 4.90 Å². The lowest BCUT2D eigenvalue weighted by Crippen LogP contribution is -2.48. The first-order valence-corrected chi connectivity index (χ1v) is 11.3. The molecular formula is C27H26N4O4. The van der Waals surface area contributed by atoms with E-state index in [0.29, 0.717) is 29.9 Å². The van der Waals surface area contributed by atoms with E-state index in [0.717, 1.165) is 24.3 Å². The van der Waals surface area contributed by atoms with Crippen LogP contribution in [0.4, 0.5) is 17.1 Å². The minimum absolute atomic E-state index is 0.0245. The summed E-state index contributed by atoms with van der Waals surface area (Å²) >= 11 is 0. The molecular weight excluding hydrogens is 444 g/mol. The maximum Gasteiger partial charge on any atom is 0.270 e. The molecule has 8 heteroatoms. The van der Waals surface area contributed by atoms with Gasteiger partial charge in [0.2, 0.25) is 5.91 Å². The number of nitro groups is 1. The van der Waals surface area contributed by atoms with E-state index in [-0.39, 0.29) is 17.5 Å². The number of anilines is 2. The standard InChI is InChI=1S/C27H26N4O4/c1-20-5-8-22(9-6-20)27(33)30-17-15-29(16-18-30)24-12-10-23(11-13-24)28-26(32)14-7-21-3-2-4-25(19-21)31(34)35/h2-14,19H,15-18H2,1H3,(H,28,32). The zero-order valence-electron chi connectivity index (χ0n) is 19.4. The number of hydrogen-bond donors (Lipinski definition) is 1. The molecule has 178 valence electrons. The van der Waals surface area contributed by atoms with Gasteiger partial charge in [0.05, 0.1) is 4.92 Å². The number of nitro benzene ring substituents is 1. The monoisotopic (exact) mass is 470 g/mol. The summed E-state index contributed by atoms with van der Waals surface area (Å²) < 4.78 is 0. The second-order valence-corrected chi connectivity index (χ2v) is 8.37. The first kappa shape index (κ1) is 23.7. The van der Waals surface area contributed by atoms with Crippen LogP contribution in [-0.2, 0) is 4.79 Å². The van der Waals surface area contributed by atoms with Crippen LogP contribution in [0.2, 0.25) is 0 Å². The summed E-state index contributed by atoms with van der Waals surface area (Å²) in [5.41, 5.74) is 4.06. The van der Waals surface area contributed by atoms with Gasteiger partial charge in [0.15, 0.2) is 0 Å². The zero-order chi connectivity index (χ0) is 24.8. The van der Waals surface area contributed by atoms with Crippen molar-refractivity contribution in [2.45, 2.75) is 6.92 Å². The van der Waals surface area contributed by atoms with Crippen LogP contribution in [0.15, 0.2) is 78.9 Å². The Morgan fingerprint density at radius 3 is 2.29 bits per heavy atom. The fourth-order valence-corrected chi connectivity index (χ4v) is 3.90. The number of amides is 2. The van der Waals surface area contributed by atoms with Crippen molar-refractivity contribution in [2.24, 2.45) is 0 Å². The van der Waals surface area contributed by atoms with Crippen molar-refractivity contribution in [3.05, 3.63) is 106 Å². The number of benzene rings is 3. The first-order chi connectivity index (χ1) is 16.9. The summed E-state index contributed by atoms with van der Waals surface area (Å²) in [4.78, 5) is 39.5. The molecule has 1 aliphatic heterocycles. The van der Waals surface area contributed by atoms with Crippen molar-refractivity contribution in [2.75, 3.05) is 36.4 Å². The van der Waals surface area contributed by atoms with Crippen LogP contribution in [0.25, 0.3) is 6.08 Å². The quantitative estimate of drug-likeness (QED) is 0.325. The summed E-state index contributed by atoms with van der Waals surface area (Å²) in [6.45, 7) is 4.76. The minimum Gasteiger partial charge on any atom is -0.368 e. The van der Waals surface area contributed by atoms with E-state index in [1.807, 2.05) is 60.4 Å². The van der Waals surface area contributed by atoms with Gasteiger partial charge in [-0.25, -0.2) is 0 Å². The zero-order valence-corrected chi connectivity index (χ0v) is 19.4. The first-order valence-electron chi connectivity index (χ1n) is 11.3. The Morgan fingerprint density at radius 1 is 0.943 bits per heavy atom. The number of piperazine rings is 1. The van der Waals surface area contributed by atoms with Crippen LogP contribution in [0.3, 0.4) is 0 Å². The topological polar surface area (TPSA) is 95.8 Å². The Hall–Kier alpha value is -4.46. The molecule has 3 aromatic carbocycles. The average Bonchev–Trinajstić information content (AvgIpc) is 2.88. The van der Waals surface area contributed by atoms with Gasteiger partial charge in [-0.2, -0.15) is 0 Å². The number of carbonyl (C=O) groups excluding carboxylic acids is 2. The van der Waals surface area contributed by atoms with Crippen molar-refractivity contribution in [3.63, 3.8) is 0 Å². The van der Waals surface area contributed by atoms with Gasteiger partial charge in [-0.1, -0.05) is 29.8 Å². The van der Waals surface area contributed by atoms with Gasteiger partial charge in [-0.05, 0) is 55.0 Å². The molecule has 4 rings (SSSR count). The van der Waals surface area contributed by atoms with E-state index in [1.165, 1.54) is 24.3 Å². The number of aryl methyl sites for hydroxylation is 1. The Morgan fingerprint density at radius 2 is 1.63 bits per heavy atom. The molecule has 0 aliphatic carbocycles. The number of rotatable bonds is 6. The molecule has 0 spiro atoms. The van der Waals surface area contributed by atoms with Gasteiger partial charge in [0.1, 0.15) is 0 Å². The summed E-state index contributed by atoms with van der Waals surface area (Å²) in [6.07, 6.45) is 2.88. The predicted molar refractivity (Wildman–Crippen MR) is 136 cm³/mol. The van der Waals surface area contributed by atoms with E-state index in [2.05, 4.69) is 10.2 Å². The highest BCUT2D eigenvalue weighted by atomic mass is 16.6. The van der Waals surface area contributed by atoms with E-state index in [9.17, 15) is 19.7 Å². The van der Waals surface area contributed by atoms with Crippen molar-refractivity contribution >= 4 is 35.0 Å². The molecule has 0 unspecified atom stereocenters. The number of nitrogens with one attached hydrogen (secondary N) is 1. The van der Waals surface area contributed by atoms with Crippen LogP contribution in [0.1, 0.15) is 21.5 Å². The lowest BCUT2D eigenvalue weighted by molar-refractivity contribution is -0.384. The van der Waals surface area contributed by atoms with Gasteiger partial charge in [-0.15, -0.1) is 0 Å². The van der Waals surface area contributed by atoms with Gasteiger partial charge in [0.25, 0.3) is 11.6 Å². The smallest absolute Gasteiger partial charge is 0.270 e. The molecule has 0 radical (unpaired) electrons. The molecule has 1 N–H and O–H groups in total. The van der Waals surface area contributed by atoms with Gasteiger partial charge in [-0.3, -0.25) is 19.7 Å². The maximum absolute atomic E-state index is 12.7. The third-order valence-electron chi connectivity index (χ3n) is 5.87. The molecule has 2 amide bonds. The molecule has 1 fully saturated rings. The van der Waals surface area contributed by atoms with Crippen LogP contribution >= 0.6 is 0 Å². The van der Waals surface area contributed by atoms with Crippen LogP contribution in [-0.4, -0.2) is 47.8 Å². The predicted octanol–water partition coefficient (Wildman–Crippen LogP) is 4.52. The summed E-state index contributed by atoms with van der Waals surface area (Å²) in [7, 11) is 0. The molecule has 0 bridgehead atoms. The third-order valence-corrected chi connectivity index (χ3v) is 5.87. The average molecular weight is 471 g/mol. The number of carbonyl (C=O) groups is 2. The normalized spacial score (nSPS) is 13.6.